The van der Waals surface area contributed by atoms with Crippen molar-refractivity contribution in [1.29, 1.82) is 5.26 Å². The van der Waals surface area contributed by atoms with Gasteiger partial charge in [0, 0.05) is 13.0 Å². The lowest BCUT2D eigenvalue weighted by atomic mass is 9.87. The van der Waals surface area contributed by atoms with Crippen LogP contribution < -0.4 is 5.73 Å². The normalized spacial score (nSPS) is 15.3. The Morgan fingerprint density at radius 1 is 1.24 bits per heavy atom. The van der Waals surface area contributed by atoms with Gasteiger partial charge in [0.2, 0.25) is 0 Å². The van der Waals surface area contributed by atoms with Crippen molar-refractivity contribution in [3.8, 4) is 6.07 Å². The number of nitriles is 1. The van der Waals surface area contributed by atoms with Crippen LogP contribution in [0.4, 0.5) is 0 Å². The lowest BCUT2D eigenvalue weighted by Gasteiger charge is -2.17. The summed E-state index contributed by atoms with van der Waals surface area (Å²) in [6.07, 6.45) is 13.4. The van der Waals surface area contributed by atoms with Crippen molar-refractivity contribution in [2.45, 2.75) is 66.2 Å². The van der Waals surface area contributed by atoms with Crippen LogP contribution in [-0.2, 0) is 0 Å². The topological polar surface area (TPSA) is 49.8 Å². The maximum Gasteiger partial charge on any atom is 0.0624 e. The maximum absolute atomic E-state index is 8.37. The Labute approximate surface area is 132 Å². The van der Waals surface area contributed by atoms with Crippen LogP contribution in [0.15, 0.2) is 36.0 Å². The summed E-state index contributed by atoms with van der Waals surface area (Å²) in [5, 5.41) is 8.37. The molecule has 1 aliphatic rings. The van der Waals surface area contributed by atoms with Gasteiger partial charge in [-0.05, 0) is 38.2 Å². The van der Waals surface area contributed by atoms with Gasteiger partial charge >= 0.3 is 0 Å². The summed E-state index contributed by atoms with van der Waals surface area (Å²) in [5.41, 5.74) is 7.61. The van der Waals surface area contributed by atoms with Crippen LogP contribution in [0.25, 0.3) is 0 Å². The molecule has 0 aromatic heterocycles. The van der Waals surface area contributed by atoms with Crippen LogP contribution >= 0.6 is 0 Å². The summed E-state index contributed by atoms with van der Waals surface area (Å²) in [5.74, 6) is 0.740. The second kappa shape index (κ2) is 16.7. The Morgan fingerprint density at radius 3 is 2.19 bits per heavy atom. The van der Waals surface area contributed by atoms with E-state index in [1.54, 1.807) is 0 Å². The molecule has 0 bridgehead atoms. The van der Waals surface area contributed by atoms with Gasteiger partial charge in [0.25, 0.3) is 0 Å². The minimum Gasteiger partial charge on any atom is -0.327 e. The predicted octanol–water partition coefficient (Wildman–Crippen LogP) is 5.53. The summed E-state index contributed by atoms with van der Waals surface area (Å²) in [7, 11) is 0. The predicted molar refractivity (Wildman–Crippen MR) is 94.9 cm³/mol. The highest BCUT2D eigenvalue weighted by Gasteiger charge is 2.11. The summed E-state index contributed by atoms with van der Waals surface area (Å²) >= 11 is 0. The number of hydrogen-bond donors (Lipinski definition) is 1. The molecule has 2 N–H and O–H groups in total. The third-order valence-corrected chi connectivity index (χ3v) is 3.29. The van der Waals surface area contributed by atoms with E-state index in [0.717, 1.165) is 23.5 Å². The van der Waals surface area contributed by atoms with Crippen molar-refractivity contribution >= 4 is 0 Å². The summed E-state index contributed by atoms with van der Waals surface area (Å²) in [4.78, 5) is 0. The van der Waals surface area contributed by atoms with Crippen molar-refractivity contribution in [2.75, 3.05) is 6.54 Å². The number of nitrogens with zero attached hydrogens (tertiary/aromatic N) is 1. The van der Waals surface area contributed by atoms with Crippen LogP contribution in [0.5, 0.6) is 0 Å². The molecule has 2 nitrogen and oxygen atoms in total. The lowest BCUT2D eigenvalue weighted by molar-refractivity contribution is 0.364. The van der Waals surface area contributed by atoms with Gasteiger partial charge < -0.3 is 5.73 Å². The lowest BCUT2D eigenvalue weighted by Crippen LogP contribution is -2.04. The third kappa shape index (κ3) is 14.9. The van der Waals surface area contributed by atoms with Crippen LogP contribution in [0.3, 0.4) is 0 Å². The average Bonchev–Trinajstić information content (AvgIpc) is 2.52. The molecule has 0 aromatic carbocycles. The highest BCUT2D eigenvalue weighted by Crippen LogP contribution is 2.25. The first-order valence-corrected chi connectivity index (χ1v) is 8.19. The van der Waals surface area contributed by atoms with Crippen molar-refractivity contribution in [3.63, 3.8) is 0 Å². The minimum absolute atomic E-state index is 0.598. The molecule has 21 heavy (non-hydrogen) atoms. The fraction of sp³-hybridized carbons (Fsp3) is 0.632. The fourth-order valence-corrected chi connectivity index (χ4v) is 2.05. The fourth-order valence-electron chi connectivity index (χ4n) is 2.05. The molecule has 0 radical (unpaired) electrons. The van der Waals surface area contributed by atoms with Crippen molar-refractivity contribution in [2.24, 2.45) is 11.7 Å². The average molecular weight is 290 g/mol. The summed E-state index contributed by atoms with van der Waals surface area (Å²) in [6, 6.07) is 2.24. The second-order valence-electron chi connectivity index (χ2n) is 5.11. The number of nitrogens with two attached hydrogens (primary N) is 1. The van der Waals surface area contributed by atoms with Crippen molar-refractivity contribution < 1.29 is 0 Å². The number of rotatable bonds is 4. The molecular weight excluding hydrogens is 256 g/mol. The zero-order valence-corrected chi connectivity index (χ0v) is 14.5. The monoisotopic (exact) mass is 290 g/mol. The highest BCUT2D eigenvalue weighted by atomic mass is 14.5. The van der Waals surface area contributed by atoms with E-state index in [9.17, 15) is 0 Å². The first kappa shape index (κ1) is 22.0. The highest BCUT2D eigenvalue weighted by molar-refractivity contribution is 5.25. The van der Waals surface area contributed by atoms with E-state index in [1.807, 2.05) is 45.9 Å². The molecule has 0 aliphatic heterocycles. The SMILES string of the molecule is C=C(C)/C=C\C(=C/C)CN.CC.N#CCC1CCCCC1. The van der Waals surface area contributed by atoms with E-state index in [4.69, 9.17) is 11.0 Å². The molecule has 1 saturated carbocycles. The first-order valence-electron chi connectivity index (χ1n) is 8.19. The molecular formula is C19H34N2. The molecule has 0 atom stereocenters. The Kier molecular flexibility index (Phi) is 17.5. The van der Waals surface area contributed by atoms with Crippen molar-refractivity contribution in [1.82, 2.24) is 0 Å². The molecule has 0 heterocycles. The molecule has 0 saturated heterocycles. The Hall–Kier alpha value is -1.33. The van der Waals surface area contributed by atoms with Gasteiger partial charge in [0.1, 0.15) is 0 Å². The van der Waals surface area contributed by atoms with E-state index < -0.39 is 0 Å². The minimum atomic E-state index is 0.598. The molecule has 0 spiro atoms. The zero-order chi connectivity index (χ0) is 16.5. The van der Waals surface area contributed by atoms with E-state index >= 15 is 0 Å². The van der Waals surface area contributed by atoms with Crippen LogP contribution in [0.2, 0.25) is 0 Å². The molecule has 2 heteroatoms. The van der Waals surface area contributed by atoms with Crippen LogP contribution in [0, 0.1) is 17.2 Å². The smallest absolute Gasteiger partial charge is 0.0624 e. The van der Waals surface area contributed by atoms with E-state index in [0.29, 0.717) is 6.54 Å². The molecule has 0 aromatic rings. The van der Waals surface area contributed by atoms with E-state index in [-0.39, 0.29) is 0 Å². The Morgan fingerprint density at radius 2 is 1.81 bits per heavy atom. The number of allylic oxidation sites excluding steroid dienone is 3. The van der Waals surface area contributed by atoms with Gasteiger partial charge in [-0.1, -0.05) is 63.5 Å². The largest absolute Gasteiger partial charge is 0.327 e. The first-order chi connectivity index (χ1) is 10.1. The molecule has 0 amide bonds. The van der Waals surface area contributed by atoms with E-state index in [2.05, 4.69) is 12.6 Å². The van der Waals surface area contributed by atoms with Crippen molar-refractivity contribution in [3.05, 3.63) is 36.0 Å². The van der Waals surface area contributed by atoms with Gasteiger partial charge in [-0.3, -0.25) is 0 Å². The van der Waals surface area contributed by atoms with Gasteiger partial charge in [0.15, 0.2) is 0 Å². The van der Waals surface area contributed by atoms with Gasteiger partial charge in [0.05, 0.1) is 6.07 Å². The Bertz CT molecular complexity index is 339. The van der Waals surface area contributed by atoms with Gasteiger partial charge in [-0.25, -0.2) is 0 Å². The quantitative estimate of drug-likeness (QED) is 0.692. The summed E-state index contributed by atoms with van der Waals surface area (Å²) < 4.78 is 0. The van der Waals surface area contributed by atoms with Gasteiger partial charge in [-0.2, -0.15) is 5.26 Å². The zero-order valence-electron chi connectivity index (χ0n) is 14.5. The van der Waals surface area contributed by atoms with E-state index in [1.165, 1.54) is 32.1 Å². The third-order valence-electron chi connectivity index (χ3n) is 3.29. The Balaban J connectivity index is 0. The molecule has 120 valence electrons. The van der Waals surface area contributed by atoms with Gasteiger partial charge in [-0.15, -0.1) is 0 Å². The molecule has 1 rings (SSSR count). The maximum atomic E-state index is 8.37. The standard InChI is InChI=1S/C9H15N.C8H13N.C2H6/c1-4-9(7-10)6-5-8(2)3;9-7-6-8-4-2-1-3-5-8;1-2/h4-6H,2,7,10H2,1,3H3;8H,1-6H2;1-2H3/b6-5-,9-4+;;. The molecule has 1 aliphatic carbocycles. The van der Waals surface area contributed by atoms with Crippen LogP contribution in [0.1, 0.15) is 66.2 Å². The molecule has 0 unspecified atom stereocenters. The summed E-state index contributed by atoms with van der Waals surface area (Å²) in [6.45, 7) is 12.3. The number of hydrogen-bond acceptors (Lipinski definition) is 2. The second-order valence-corrected chi connectivity index (χ2v) is 5.11. The van der Waals surface area contributed by atoms with Crippen LogP contribution in [-0.4, -0.2) is 6.54 Å². The molecule has 1 fully saturated rings.